The van der Waals surface area contributed by atoms with E-state index in [1.807, 2.05) is 18.2 Å². The number of rotatable bonds is 7. The molecule has 0 N–H and O–H groups in total. The molecule has 0 saturated carbocycles. The van der Waals surface area contributed by atoms with Gasteiger partial charge in [-0.3, -0.25) is 4.90 Å². The molecule has 0 bridgehead atoms. The summed E-state index contributed by atoms with van der Waals surface area (Å²) in [6, 6.07) is 10.7. The second-order valence-corrected chi connectivity index (χ2v) is 4.87. The van der Waals surface area contributed by atoms with E-state index in [1.54, 1.807) is 0 Å². The van der Waals surface area contributed by atoms with Crippen molar-refractivity contribution in [2.45, 2.75) is 52.5 Å². The number of hydrogen-bond donors (Lipinski definition) is 0. The van der Waals surface area contributed by atoms with Crippen LogP contribution in [0.1, 0.15) is 52.0 Å². The molecule has 1 aromatic rings. The van der Waals surface area contributed by atoms with E-state index in [9.17, 15) is 0 Å². The van der Waals surface area contributed by atoms with Crippen molar-refractivity contribution in [1.82, 2.24) is 4.90 Å². The minimum absolute atomic E-state index is 0.404. The Morgan fingerprint density at radius 2 is 1.68 bits per heavy atom. The first-order chi connectivity index (χ1) is 9.31. The highest BCUT2D eigenvalue weighted by atomic mass is 15.1. The average Bonchev–Trinajstić information content (AvgIpc) is 2.46. The van der Waals surface area contributed by atoms with Gasteiger partial charge < -0.3 is 0 Å². The number of benzene rings is 1. The summed E-state index contributed by atoms with van der Waals surface area (Å²) in [5.74, 6) is 6.80. The first-order valence-corrected chi connectivity index (χ1v) is 7.62. The van der Waals surface area contributed by atoms with E-state index in [-0.39, 0.29) is 0 Å². The molecule has 19 heavy (non-hydrogen) atoms. The maximum atomic E-state index is 3.47. The molecule has 0 spiro atoms. The lowest BCUT2D eigenvalue weighted by atomic mass is 10.1. The van der Waals surface area contributed by atoms with Gasteiger partial charge in [-0.2, -0.15) is 0 Å². The lowest BCUT2D eigenvalue weighted by molar-refractivity contribution is 0.247. The summed E-state index contributed by atoms with van der Waals surface area (Å²) in [6.07, 6.45) is 5.05. The molecule has 0 fully saturated rings. The van der Waals surface area contributed by atoms with Gasteiger partial charge in [-0.25, -0.2) is 0 Å². The molecular weight excluding hydrogens is 230 g/mol. The highest BCUT2D eigenvalue weighted by molar-refractivity contribution is 5.34. The maximum absolute atomic E-state index is 3.47. The third kappa shape index (κ3) is 5.94. The molecule has 0 amide bonds. The Balaban J connectivity index is 2.70. The van der Waals surface area contributed by atoms with Gasteiger partial charge in [0.1, 0.15) is 0 Å². The molecule has 1 aromatic carbocycles. The quantitative estimate of drug-likeness (QED) is 0.519. The molecule has 0 aliphatic heterocycles. The predicted octanol–water partition coefficient (Wildman–Crippen LogP) is 4.33. The third-order valence-corrected chi connectivity index (χ3v) is 3.49. The Labute approximate surface area is 119 Å². The van der Waals surface area contributed by atoms with Gasteiger partial charge in [0.2, 0.25) is 0 Å². The second kappa shape index (κ2) is 9.64. The Morgan fingerprint density at radius 3 is 2.26 bits per heavy atom. The van der Waals surface area contributed by atoms with Gasteiger partial charge in [0.25, 0.3) is 0 Å². The van der Waals surface area contributed by atoms with Crippen LogP contribution in [0.3, 0.4) is 0 Å². The van der Waals surface area contributed by atoms with Crippen molar-refractivity contribution >= 4 is 0 Å². The zero-order valence-corrected chi connectivity index (χ0v) is 12.7. The zero-order chi connectivity index (χ0) is 13.9. The number of nitrogens with zero attached hydrogens (tertiary/aromatic N) is 1. The smallest absolute Gasteiger partial charge is 0.0718 e. The largest absolute Gasteiger partial charge is 0.290 e. The summed E-state index contributed by atoms with van der Waals surface area (Å²) in [5.41, 5.74) is 1.12. The minimum Gasteiger partial charge on any atom is -0.290 e. The van der Waals surface area contributed by atoms with E-state index in [4.69, 9.17) is 0 Å². The van der Waals surface area contributed by atoms with Gasteiger partial charge in [-0.05, 0) is 31.6 Å². The summed E-state index contributed by atoms with van der Waals surface area (Å²) >= 11 is 0. The Kier molecular flexibility index (Phi) is 8.02. The standard InChI is InChI=1S/C18H27N/c1-4-7-9-14-18(19(5-2)6-3)16-15-17-12-10-8-11-13-17/h8,10-13,18H,4-7,9,14H2,1-3H3. The average molecular weight is 257 g/mol. The summed E-state index contributed by atoms with van der Waals surface area (Å²) in [6.45, 7) is 8.86. The van der Waals surface area contributed by atoms with Crippen molar-refractivity contribution in [2.24, 2.45) is 0 Å². The molecule has 0 aromatic heterocycles. The topological polar surface area (TPSA) is 3.24 Å². The highest BCUT2D eigenvalue weighted by Gasteiger charge is 2.11. The summed E-state index contributed by atoms with van der Waals surface area (Å²) in [7, 11) is 0. The Bertz CT molecular complexity index is 381. The van der Waals surface area contributed by atoms with Gasteiger partial charge >= 0.3 is 0 Å². The summed E-state index contributed by atoms with van der Waals surface area (Å²) < 4.78 is 0. The molecule has 0 saturated heterocycles. The van der Waals surface area contributed by atoms with E-state index >= 15 is 0 Å². The van der Waals surface area contributed by atoms with Crippen molar-refractivity contribution in [3.8, 4) is 11.8 Å². The van der Waals surface area contributed by atoms with Crippen molar-refractivity contribution in [1.29, 1.82) is 0 Å². The third-order valence-electron chi connectivity index (χ3n) is 3.49. The zero-order valence-electron chi connectivity index (χ0n) is 12.7. The number of hydrogen-bond acceptors (Lipinski definition) is 1. The van der Waals surface area contributed by atoms with E-state index < -0.39 is 0 Å². The molecular formula is C18H27N. The van der Waals surface area contributed by atoms with Crippen LogP contribution in [-0.2, 0) is 0 Å². The Hall–Kier alpha value is -1.26. The van der Waals surface area contributed by atoms with Crippen LogP contribution in [0.25, 0.3) is 0 Å². The number of unbranched alkanes of at least 4 members (excludes halogenated alkanes) is 2. The van der Waals surface area contributed by atoms with Crippen LogP contribution >= 0.6 is 0 Å². The molecule has 0 heterocycles. The molecule has 0 aliphatic rings. The van der Waals surface area contributed by atoms with E-state index in [0.717, 1.165) is 18.7 Å². The van der Waals surface area contributed by atoms with Crippen LogP contribution in [0.5, 0.6) is 0 Å². The first kappa shape index (κ1) is 15.8. The van der Waals surface area contributed by atoms with Gasteiger partial charge in [0, 0.05) is 5.56 Å². The monoisotopic (exact) mass is 257 g/mol. The molecule has 1 heteroatoms. The van der Waals surface area contributed by atoms with E-state index in [0.29, 0.717) is 6.04 Å². The predicted molar refractivity (Wildman–Crippen MR) is 84.2 cm³/mol. The van der Waals surface area contributed by atoms with Crippen LogP contribution in [0, 0.1) is 11.8 Å². The van der Waals surface area contributed by atoms with Crippen LogP contribution in [0.4, 0.5) is 0 Å². The molecule has 1 unspecified atom stereocenters. The van der Waals surface area contributed by atoms with Gasteiger partial charge in [0.05, 0.1) is 6.04 Å². The molecule has 1 atom stereocenters. The van der Waals surface area contributed by atoms with Gasteiger partial charge in [0.15, 0.2) is 0 Å². The summed E-state index contributed by atoms with van der Waals surface area (Å²) in [5, 5.41) is 0. The van der Waals surface area contributed by atoms with Crippen molar-refractivity contribution in [3.63, 3.8) is 0 Å². The normalized spacial score (nSPS) is 12.0. The van der Waals surface area contributed by atoms with Gasteiger partial charge in [-0.15, -0.1) is 0 Å². The SMILES string of the molecule is CCCCCC(C#Cc1ccccc1)N(CC)CC. The fraction of sp³-hybridized carbons (Fsp3) is 0.556. The lowest BCUT2D eigenvalue weighted by Crippen LogP contribution is -2.34. The van der Waals surface area contributed by atoms with Gasteiger partial charge in [-0.1, -0.05) is 70.1 Å². The maximum Gasteiger partial charge on any atom is 0.0718 e. The van der Waals surface area contributed by atoms with E-state index in [1.165, 1.54) is 25.7 Å². The molecule has 0 aliphatic carbocycles. The molecule has 1 rings (SSSR count). The van der Waals surface area contributed by atoms with E-state index in [2.05, 4.69) is 49.6 Å². The first-order valence-electron chi connectivity index (χ1n) is 7.62. The highest BCUT2D eigenvalue weighted by Crippen LogP contribution is 2.10. The van der Waals surface area contributed by atoms with Crippen molar-refractivity contribution in [2.75, 3.05) is 13.1 Å². The van der Waals surface area contributed by atoms with Crippen LogP contribution in [0.15, 0.2) is 30.3 Å². The van der Waals surface area contributed by atoms with Crippen molar-refractivity contribution < 1.29 is 0 Å². The van der Waals surface area contributed by atoms with Crippen LogP contribution in [-0.4, -0.2) is 24.0 Å². The fourth-order valence-electron chi connectivity index (χ4n) is 2.29. The molecule has 0 radical (unpaired) electrons. The molecule has 104 valence electrons. The second-order valence-electron chi connectivity index (χ2n) is 4.87. The molecule has 1 nitrogen and oxygen atoms in total. The minimum atomic E-state index is 0.404. The summed E-state index contributed by atoms with van der Waals surface area (Å²) in [4.78, 5) is 2.46. The van der Waals surface area contributed by atoms with Crippen molar-refractivity contribution in [3.05, 3.63) is 35.9 Å². The van der Waals surface area contributed by atoms with Crippen LogP contribution in [0.2, 0.25) is 0 Å². The Morgan fingerprint density at radius 1 is 1.00 bits per heavy atom. The van der Waals surface area contributed by atoms with Crippen LogP contribution < -0.4 is 0 Å². The fourth-order valence-corrected chi connectivity index (χ4v) is 2.29. The lowest BCUT2D eigenvalue weighted by Gasteiger charge is -2.25.